The van der Waals surface area contributed by atoms with Crippen molar-refractivity contribution >= 4 is 9.04 Å². The van der Waals surface area contributed by atoms with Gasteiger partial charge in [0.25, 0.3) is 0 Å². The van der Waals surface area contributed by atoms with Gasteiger partial charge >= 0.3 is 0 Å². The monoisotopic (exact) mass is 208 g/mol. The van der Waals surface area contributed by atoms with E-state index < -0.39 is 9.04 Å². The standard InChI is InChI=1S/C12H20OSi/c1-3-10-13-14(2)11-9-12-7-5-4-6-8-12/h4-8,14H,3,9-11H2,1-2H3. The van der Waals surface area contributed by atoms with Crippen LogP contribution in [-0.2, 0) is 10.8 Å². The molecule has 0 aromatic heterocycles. The van der Waals surface area contributed by atoms with E-state index in [9.17, 15) is 0 Å². The Bertz CT molecular complexity index is 235. The second kappa shape index (κ2) is 6.79. The maximum Gasteiger partial charge on any atom is 0.174 e. The Kier molecular flexibility index (Phi) is 5.57. The van der Waals surface area contributed by atoms with Crippen molar-refractivity contribution in [3.8, 4) is 0 Å². The molecule has 0 bridgehead atoms. The van der Waals surface area contributed by atoms with Gasteiger partial charge in [0, 0.05) is 6.61 Å². The van der Waals surface area contributed by atoms with Crippen LogP contribution in [0.25, 0.3) is 0 Å². The van der Waals surface area contributed by atoms with Crippen LogP contribution in [0.5, 0.6) is 0 Å². The third-order valence-electron chi connectivity index (χ3n) is 2.29. The fourth-order valence-corrected chi connectivity index (χ4v) is 2.96. The molecule has 14 heavy (non-hydrogen) atoms. The first-order valence-electron chi connectivity index (χ1n) is 5.48. The van der Waals surface area contributed by atoms with E-state index in [1.54, 1.807) is 0 Å². The normalized spacial score (nSPS) is 12.7. The van der Waals surface area contributed by atoms with E-state index in [2.05, 4.69) is 43.8 Å². The summed E-state index contributed by atoms with van der Waals surface area (Å²) in [5.41, 5.74) is 1.44. The smallest absolute Gasteiger partial charge is 0.174 e. The Labute approximate surface area is 88.8 Å². The summed E-state index contributed by atoms with van der Waals surface area (Å²) in [6.45, 7) is 5.40. The molecule has 1 aromatic rings. The molecule has 0 saturated heterocycles. The number of aryl methyl sites for hydroxylation is 1. The minimum absolute atomic E-state index is 0.890. The molecule has 2 heteroatoms. The highest BCUT2D eigenvalue weighted by atomic mass is 28.3. The third kappa shape index (κ3) is 4.58. The molecule has 0 heterocycles. The summed E-state index contributed by atoms with van der Waals surface area (Å²) in [6, 6.07) is 11.9. The topological polar surface area (TPSA) is 9.23 Å². The Morgan fingerprint density at radius 1 is 1.21 bits per heavy atom. The summed E-state index contributed by atoms with van der Waals surface area (Å²) in [6.07, 6.45) is 2.32. The summed E-state index contributed by atoms with van der Waals surface area (Å²) in [7, 11) is -0.890. The van der Waals surface area contributed by atoms with Crippen LogP contribution in [0.2, 0.25) is 12.6 Å². The van der Waals surface area contributed by atoms with Crippen LogP contribution in [0.15, 0.2) is 30.3 Å². The summed E-state index contributed by atoms with van der Waals surface area (Å²) in [4.78, 5) is 0. The van der Waals surface area contributed by atoms with Crippen LogP contribution in [0.4, 0.5) is 0 Å². The van der Waals surface area contributed by atoms with Gasteiger partial charge in [-0.25, -0.2) is 0 Å². The predicted octanol–water partition coefficient (Wildman–Crippen LogP) is 3.01. The quantitative estimate of drug-likeness (QED) is 0.653. The Morgan fingerprint density at radius 2 is 1.93 bits per heavy atom. The van der Waals surface area contributed by atoms with Gasteiger partial charge in [0.05, 0.1) is 0 Å². The molecule has 0 N–H and O–H groups in total. The zero-order valence-corrected chi connectivity index (χ0v) is 10.4. The molecule has 1 atom stereocenters. The highest BCUT2D eigenvalue weighted by Crippen LogP contribution is 2.06. The van der Waals surface area contributed by atoms with Crippen LogP contribution >= 0.6 is 0 Å². The van der Waals surface area contributed by atoms with Crippen LogP contribution < -0.4 is 0 Å². The van der Waals surface area contributed by atoms with Gasteiger partial charge in [0.2, 0.25) is 0 Å². The third-order valence-corrected chi connectivity index (χ3v) is 4.20. The fraction of sp³-hybridized carbons (Fsp3) is 0.500. The van der Waals surface area contributed by atoms with Crippen molar-refractivity contribution in [2.24, 2.45) is 0 Å². The van der Waals surface area contributed by atoms with Crippen LogP contribution in [0.3, 0.4) is 0 Å². The zero-order chi connectivity index (χ0) is 10.2. The minimum Gasteiger partial charge on any atom is -0.420 e. The molecule has 0 fully saturated rings. The molecule has 78 valence electrons. The molecule has 1 aromatic carbocycles. The van der Waals surface area contributed by atoms with Gasteiger partial charge in [-0.2, -0.15) is 0 Å². The molecule has 0 aliphatic carbocycles. The van der Waals surface area contributed by atoms with Crippen LogP contribution in [0, 0.1) is 0 Å². The van der Waals surface area contributed by atoms with Crippen LogP contribution in [0.1, 0.15) is 18.9 Å². The van der Waals surface area contributed by atoms with Gasteiger partial charge < -0.3 is 4.43 Å². The first kappa shape index (κ1) is 11.5. The number of benzene rings is 1. The van der Waals surface area contributed by atoms with Crippen molar-refractivity contribution in [2.75, 3.05) is 6.61 Å². The molecule has 0 spiro atoms. The lowest BCUT2D eigenvalue weighted by molar-refractivity contribution is 0.321. The lowest BCUT2D eigenvalue weighted by Crippen LogP contribution is -2.14. The molecule has 1 unspecified atom stereocenters. The van der Waals surface area contributed by atoms with Crippen molar-refractivity contribution < 1.29 is 4.43 Å². The SMILES string of the molecule is CCCO[SiH](C)CCc1ccccc1. The van der Waals surface area contributed by atoms with Crippen molar-refractivity contribution in [2.45, 2.75) is 32.4 Å². The summed E-state index contributed by atoms with van der Waals surface area (Å²) < 4.78 is 5.75. The molecular weight excluding hydrogens is 188 g/mol. The predicted molar refractivity (Wildman–Crippen MR) is 64.2 cm³/mol. The number of rotatable bonds is 6. The first-order valence-corrected chi connectivity index (χ1v) is 7.92. The highest BCUT2D eigenvalue weighted by molar-refractivity contribution is 6.50. The number of hydrogen-bond donors (Lipinski definition) is 0. The Balaban J connectivity index is 2.20. The second-order valence-electron chi connectivity index (χ2n) is 3.71. The van der Waals surface area contributed by atoms with Crippen molar-refractivity contribution in [3.05, 3.63) is 35.9 Å². The van der Waals surface area contributed by atoms with Gasteiger partial charge in [-0.15, -0.1) is 0 Å². The zero-order valence-electron chi connectivity index (χ0n) is 9.20. The lowest BCUT2D eigenvalue weighted by atomic mass is 10.2. The van der Waals surface area contributed by atoms with E-state index >= 15 is 0 Å². The van der Waals surface area contributed by atoms with E-state index in [0.29, 0.717) is 0 Å². The summed E-state index contributed by atoms with van der Waals surface area (Å²) in [5, 5.41) is 0. The molecule has 0 saturated carbocycles. The molecular formula is C12H20OSi. The van der Waals surface area contributed by atoms with Gasteiger partial charge in [-0.3, -0.25) is 0 Å². The average Bonchev–Trinajstić information content (AvgIpc) is 2.25. The first-order chi connectivity index (χ1) is 6.83. The van der Waals surface area contributed by atoms with Gasteiger partial charge in [0.1, 0.15) is 0 Å². The summed E-state index contributed by atoms with van der Waals surface area (Å²) >= 11 is 0. The van der Waals surface area contributed by atoms with Gasteiger partial charge in [0.15, 0.2) is 9.04 Å². The molecule has 0 amide bonds. The van der Waals surface area contributed by atoms with E-state index in [1.165, 1.54) is 18.0 Å². The van der Waals surface area contributed by atoms with E-state index in [-0.39, 0.29) is 0 Å². The average molecular weight is 208 g/mol. The van der Waals surface area contributed by atoms with Gasteiger partial charge in [-0.1, -0.05) is 37.3 Å². The van der Waals surface area contributed by atoms with Crippen LogP contribution in [-0.4, -0.2) is 15.6 Å². The molecule has 1 nitrogen and oxygen atoms in total. The molecule has 0 aliphatic heterocycles. The van der Waals surface area contributed by atoms with E-state index in [4.69, 9.17) is 4.43 Å². The Hall–Kier alpha value is -0.603. The minimum atomic E-state index is -0.890. The highest BCUT2D eigenvalue weighted by Gasteiger charge is 2.03. The van der Waals surface area contributed by atoms with Crippen molar-refractivity contribution in [3.63, 3.8) is 0 Å². The maximum atomic E-state index is 5.75. The van der Waals surface area contributed by atoms with Gasteiger partial charge in [-0.05, 0) is 31.0 Å². The summed E-state index contributed by atoms with van der Waals surface area (Å²) in [5.74, 6) is 0. The lowest BCUT2D eigenvalue weighted by Gasteiger charge is -2.10. The van der Waals surface area contributed by atoms with Crippen molar-refractivity contribution in [1.29, 1.82) is 0 Å². The largest absolute Gasteiger partial charge is 0.420 e. The van der Waals surface area contributed by atoms with Crippen molar-refractivity contribution in [1.82, 2.24) is 0 Å². The van der Waals surface area contributed by atoms with E-state index in [0.717, 1.165) is 13.0 Å². The Morgan fingerprint density at radius 3 is 2.57 bits per heavy atom. The molecule has 0 aliphatic rings. The van der Waals surface area contributed by atoms with E-state index in [1.807, 2.05) is 0 Å². The molecule has 1 rings (SSSR count). The number of hydrogen-bond acceptors (Lipinski definition) is 1. The maximum absolute atomic E-state index is 5.75. The fourth-order valence-electron chi connectivity index (χ4n) is 1.42. The molecule has 0 radical (unpaired) electrons. The second-order valence-corrected chi connectivity index (χ2v) is 6.24.